The maximum absolute atomic E-state index is 7.36. The van der Waals surface area contributed by atoms with Crippen molar-refractivity contribution in [1.29, 1.82) is 0 Å². The predicted molar refractivity (Wildman–Crippen MR) is 119 cm³/mol. The molecule has 3 aliphatic heterocycles. The van der Waals surface area contributed by atoms with Crippen molar-refractivity contribution in [2.75, 3.05) is 19.8 Å². The van der Waals surface area contributed by atoms with E-state index in [0.717, 1.165) is 38.7 Å². The van der Waals surface area contributed by atoms with Gasteiger partial charge in [0.1, 0.15) is 0 Å². The lowest BCUT2D eigenvalue weighted by atomic mass is 9.43. The SMILES string of the molecule is C[C@H]1CC[C@@H]2[C@]3(C)COC(C)(C)O[C@H]3CC[C@]2(C)[C@]12CC[C@@]1(CCOC(C)(C)OC1)O2. The normalized spacial score (nSPS) is 53.7. The second kappa shape index (κ2) is 6.91. The average molecular weight is 437 g/mol. The lowest BCUT2D eigenvalue weighted by molar-refractivity contribution is -0.359. The highest BCUT2D eigenvalue weighted by Gasteiger charge is 2.70. The second-order valence-electron chi connectivity index (χ2n) is 12.7. The topological polar surface area (TPSA) is 46.2 Å². The lowest BCUT2D eigenvalue weighted by Gasteiger charge is -2.67. The minimum Gasteiger partial charge on any atom is -0.365 e. The number of fused-ring (bicyclic) bond motifs is 4. The number of hydrogen-bond acceptors (Lipinski definition) is 5. The summed E-state index contributed by atoms with van der Waals surface area (Å²) in [5.41, 5.74) is -0.156. The van der Waals surface area contributed by atoms with E-state index < -0.39 is 11.6 Å². The summed E-state index contributed by atoms with van der Waals surface area (Å²) in [5, 5.41) is 0. The highest BCUT2D eigenvalue weighted by atomic mass is 16.7. The van der Waals surface area contributed by atoms with Gasteiger partial charge < -0.3 is 23.7 Å². The molecule has 5 rings (SSSR count). The van der Waals surface area contributed by atoms with Gasteiger partial charge in [-0.3, -0.25) is 0 Å². The molecule has 3 saturated heterocycles. The first-order valence-electron chi connectivity index (χ1n) is 12.7. The minimum absolute atomic E-state index is 0.0415. The molecule has 5 aliphatic rings. The smallest absolute Gasteiger partial charge is 0.163 e. The molecule has 2 spiro atoms. The third kappa shape index (κ3) is 3.28. The maximum atomic E-state index is 7.36. The van der Waals surface area contributed by atoms with Gasteiger partial charge in [0.25, 0.3) is 0 Å². The zero-order valence-electron chi connectivity index (χ0n) is 20.8. The highest BCUT2D eigenvalue weighted by Crippen LogP contribution is 2.69. The van der Waals surface area contributed by atoms with Gasteiger partial charge in [-0.2, -0.15) is 0 Å². The molecule has 0 amide bonds. The molecule has 0 aromatic heterocycles. The Kier molecular flexibility index (Phi) is 5.04. The van der Waals surface area contributed by atoms with Crippen LogP contribution in [-0.4, -0.2) is 48.7 Å². The summed E-state index contributed by atoms with van der Waals surface area (Å²) in [6.45, 7) is 17.7. The fraction of sp³-hybridized carbons (Fsp3) is 1.00. The standard InChI is InChI=1S/C26H44O5/c1-18-8-9-19-23(6)16-28-22(4,5)30-20(23)10-11-24(19,7)26(18)13-12-25(31-26)14-15-27-21(2,3)29-17-25/h18-20H,8-17H2,1-7H3/t18-,19+,20-,23-,24-,25-,26-/m0/s1. The Morgan fingerprint density at radius 3 is 2.23 bits per heavy atom. The molecule has 0 aromatic carbocycles. The van der Waals surface area contributed by atoms with Gasteiger partial charge >= 0.3 is 0 Å². The van der Waals surface area contributed by atoms with Crippen LogP contribution < -0.4 is 0 Å². The molecule has 178 valence electrons. The summed E-state index contributed by atoms with van der Waals surface area (Å²) in [6.07, 6.45) is 8.09. The summed E-state index contributed by atoms with van der Waals surface area (Å²) >= 11 is 0. The van der Waals surface area contributed by atoms with Crippen molar-refractivity contribution in [1.82, 2.24) is 0 Å². The molecule has 0 N–H and O–H groups in total. The van der Waals surface area contributed by atoms with Gasteiger partial charge in [0.05, 0.1) is 37.1 Å². The van der Waals surface area contributed by atoms with E-state index in [0.29, 0.717) is 25.0 Å². The molecule has 2 aliphatic carbocycles. The van der Waals surface area contributed by atoms with Crippen molar-refractivity contribution < 1.29 is 23.7 Å². The third-order valence-corrected chi connectivity index (χ3v) is 10.1. The maximum Gasteiger partial charge on any atom is 0.163 e. The molecule has 2 saturated carbocycles. The van der Waals surface area contributed by atoms with E-state index in [4.69, 9.17) is 23.7 Å². The van der Waals surface area contributed by atoms with Crippen LogP contribution in [0.1, 0.15) is 93.4 Å². The van der Waals surface area contributed by atoms with Crippen LogP contribution in [0.4, 0.5) is 0 Å². The van der Waals surface area contributed by atoms with Crippen LogP contribution in [0.25, 0.3) is 0 Å². The van der Waals surface area contributed by atoms with E-state index in [1.54, 1.807) is 0 Å². The fourth-order valence-electron chi connectivity index (χ4n) is 8.18. The summed E-state index contributed by atoms with van der Waals surface area (Å²) < 4.78 is 32.3. The summed E-state index contributed by atoms with van der Waals surface area (Å²) in [6, 6.07) is 0. The molecular formula is C26H44O5. The Bertz CT molecular complexity index is 721. The monoisotopic (exact) mass is 436 g/mol. The van der Waals surface area contributed by atoms with E-state index in [1.165, 1.54) is 12.8 Å². The molecule has 0 bridgehead atoms. The molecule has 31 heavy (non-hydrogen) atoms. The first-order valence-corrected chi connectivity index (χ1v) is 12.7. The number of hydrogen-bond donors (Lipinski definition) is 0. The highest BCUT2D eigenvalue weighted by molar-refractivity contribution is 5.18. The van der Waals surface area contributed by atoms with Crippen molar-refractivity contribution in [2.45, 2.75) is 122 Å². The molecule has 5 nitrogen and oxygen atoms in total. The van der Waals surface area contributed by atoms with Crippen LogP contribution in [0.5, 0.6) is 0 Å². The Morgan fingerprint density at radius 2 is 1.45 bits per heavy atom. The van der Waals surface area contributed by atoms with Crippen LogP contribution >= 0.6 is 0 Å². The van der Waals surface area contributed by atoms with Crippen LogP contribution in [0, 0.1) is 22.7 Å². The van der Waals surface area contributed by atoms with Gasteiger partial charge in [0.15, 0.2) is 11.6 Å². The van der Waals surface area contributed by atoms with Gasteiger partial charge in [0, 0.05) is 17.3 Å². The quantitative estimate of drug-likeness (QED) is 0.505. The minimum atomic E-state index is -0.525. The van der Waals surface area contributed by atoms with Crippen molar-refractivity contribution >= 4 is 0 Å². The zero-order chi connectivity index (χ0) is 22.3. The van der Waals surface area contributed by atoms with E-state index in [9.17, 15) is 0 Å². The van der Waals surface area contributed by atoms with E-state index in [1.807, 2.05) is 13.8 Å². The predicted octanol–water partition coefficient (Wildman–Crippen LogP) is 5.45. The van der Waals surface area contributed by atoms with Crippen LogP contribution in [-0.2, 0) is 23.7 Å². The second-order valence-corrected chi connectivity index (χ2v) is 12.7. The Hall–Kier alpha value is -0.200. The molecule has 0 radical (unpaired) electrons. The Balaban J connectivity index is 1.47. The summed E-state index contributed by atoms with van der Waals surface area (Å²) in [7, 11) is 0. The zero-order valence-corrected chi connectivity index (χ0v) is 20.8. The Morgan fingerprint density at radius 1 is 0.710 bits per heavy atom. The Labute approximate surface area is 188 Å². The lowest BCUT2D eigenvalue weighted by Crippen LogP contribution is -2.69. The number of ether oxygens (including phenoxy) is 5. The molecule has 5 heteroatoms. The summed E-state index contributed by atoms with van der Waals surface area (Å²) in [4.78, 5) is 0. The molecule has 0 aromatic rings. The molecule has 7 atom stereocenters. The van der Waals surface area contributed by atoms with E-state index in [2.05, 4.69) is 34.6 Å². The number of rotatable bonds is 0. The average Bonchev–Trinajstić information content (AvgIpc) is 3.00. The van der Waals surface area contributed by atoms with E-state index in [-0.39, 0.29) is 28.1 Å². The van der Waals surface area contributed by atoms with Gasteiger partial charge in [-0.25, -0.2) is 0 Å². The van der Waals surface area contributed by atoms with Gasteiger partial charge in [0.2, 0.25) is 0 Å². The van der Waals surface area contributed by atoms with Crippen molar-refractivity contribution in [2.24, 2.45) is 22.7 Å². The van der Waals surface area contributed by atoms with Crippen molar-refractivity contribution in [3.63, 3.8) is 0 Å². The fourth-order valence-corrected chi connectivity index (χ4v) is 8.18. The molecule has 3 heterocycles. The molecule has 5 fully saturated rings. The van der Waals surface area contributed by atoms with Crippen LogP contribution in [0.3, 0.4) is 0 Å². The van der Waals surface area contributed by atoms with Crippen LogP contribution in [0.15, 0.2) is 0 Å². The molecule has 0 unspecified atom stereocenters. The first-order chi connectivity index (χ1) is 14.4. The summed E-state index contributed by atoms with van der Waals surface area (Å²) in [5.74, 6) is 0.0890. The van der Waals surface area contributed by atoms with Crippen molar-refractivity contribution in [3.8, 4) is 0 Å². The van der Waals surface area contributed by atoms with E-state index >= 15 is 0 Å². The first kappa shape index (κ1) is 22.6. The van der Waals surface area contributed by atoms with Crippen LogP contribution in [0.2, 0.25) is 0 Å². The van der Waals surface area contributed by atoms with Gasteiger partial charge in [-0.1, -0.05) is 20.8 Å². The van der Waals surface area contributed by atoms with Gasteiger partial charge in [-0.15, -0.1) is 0 Å². The largest absolute Gasteiger partial charge is 0.365 e. The molecular weight excluding hydrogens is 392 g/mol. The van der Waals surface area contributed by atoms with Gasteiger partial charge in [-0.05, 0) is 78.1 Å². The van der Waals surface area contributed by atoms with Crippen molar-refractivity contribution in [3.05, 3.63) is 0 Å². The third-order valence-electron chi connectivity index (χ3n) is 10.1.